The van der Waals surface area contributed by atoms with Crippen molar-refractivity contribution in [1.29, 1.82) is 0 Å². The minimum Gasteiger partial charge on any atom is -0.414 e. The summed E-state index contributed by atoms with van der Waals surface area (Å²) in [5.41, 5.74) is 0. The van der Waals surface area contributed by atoms with E-state index in [2.05, 4.69) is 33.9 Å². The smallest absolute Gasteiger partial charge is 0.192 e. The number of aliphatic hydroxyl groups is 3. The third-order valence-corrected chi connectivity index (χ3v) is 7.55. The molecule has 2 atom stereocenters. The van der Waals surface area contributed by atoms with Crippen molar-refractivity contribution in [3.8, 4) is 0 Å². The topological polar surface area (TPSA) is 69.9 Å². The Morgan fingerprint density at radius 3 is 1.93 bits per heavy atom. The van der Waals surface area contributed by atoms with E-state index in [0.717, 1.165) is 0 Å². The molecule has 0 aromatic heterocycles. The van der Waals surface area contributed by atoms with E-state index in [4.69, 9.17) is 14.6 Å². The van der Waals surface area contributed by atoms with Crippen LogP contribution in [0.25, 0.3) is 0 Å². The van der Waals surface area contributed by atoms with Gasteiger partial charge in [-0.2, -0.15) is 0 Å². The molecule has 4 nitrogen and oxygen atoms in total. The van der Waals surface area contributed by atoms with Crippen molar-refractivity contribution in [2.75, 3.05) is 13.2 Å². The summed E-state index contributed by atoms with van der Waals surface area (Å²) in [5, 5.41) is 27.3. The molecule has 0 spiro atoms. The normalized spacial score (nSPS) is 17.6. The third kappa shape index (κ3) is 4.61. The van der Waals surface area contributed by atoms with Crippen molar-refractivity contribution in [1.82, 2.24) is 0 Å². The largest absolute Gasteiger partial charge is 0.414 e. The van der Waals surface area contributed by atoms with Crippen molar-refractivity contribution >= 4 is 8.32 Å². The molecule has 0 aromatic carbocycles. The molecule has 0 bridgehead atoms. The standard InChI is InChI=1S/C10H24O4Si/c1-10(2,3)15(4,5)14-7-9(13)8(12)6-11/h8-9,11-13H,6-7H2,1-5H3/t8-,9-/m0/s1. The molecule has 5 heteroatoms. The van der Waals surface area contributed by atoms with Crippen LogP contribution in [0.2, 0.25) is 18.1 Å². The minimum absolute atomic E-state index is 0.0802. The number of hydrogen-bond acceptors (Lipinski definition) is 4. The molecule has 0 aliphatic carbocycles. The Labute approximate surface area is 93.0 Å². The highest BCUT2D eigenvalue weighted by molar-refractivity contribution is 6.74. The Morgan fingerprint density at radius 1 is 1.13 bits per heavy atom. The maximum Gasteiger partial charge on any atom is 0.192 e. The highest BCUT2D eigenvalue weighted by Gasteiger charge is 2.37. The lowest BCUT2D eigenvalue weighted by Gasteiger charge is -2.37. The summed E-state index contributed by atoms with van der Waals surface area (Å²) in [7, 11) is -1.88. The molecule has 0 saturated heterocycles. The van der Waals surface area contributed by atoms with Gasteiger partial charge in [0.25, 0.3) is 0 Å². The molecule has 92 valence electrons. The fourth-order valence-electron chi connectivity index (χ4n) is 0.743. The molecule has 0 aromatic rings. The van der Waals surface area contributed by atoms with Gasteiger partial charge in [0.15, 0.2) is 8.32 Å². The first-order valence-corrected chi connectivity index (χ1v) is 8.13. The Morgan fingerprint density at radius 2 is 1.60 bits per heavy atom. The zero-order valence-electron chi connectivity index (χ0n) is 10.3. The average molecular weight is 236 g/mol. The van der Waals surface area contributed by atoms with Crippen LogP contribution in [0.15, 0.2) is 0 Å². The van der Waals surface area contributed by atoms with Crippen LogP contribution >= 0.6 is 0 Å². The fourth-order valence-corrected chi connectivity index (χ4v) is 1.76. The van der Waals surface area contributed by atoms with Gasteiger partial charge in [0.2, 0.25) is 0 Å². The summed E-state index contributed by atoms with van der Waals surface area (Å²) >= 11 is 0. The first kappa shape index (κ1) is 15.1. The molecule has 0 rings (SSSR count). The summed E-state index contributed by atoms with van der Waals surface area (Å²) in [4.78, 5) is 0. The molecule has 0 amide bonds. The van der Waals surface area contributed by atoms with E-state index in [-0.39, 0.29) is 11.6 Å². The predicted octanol–water partition coefficient (Wildman–Crippen LogP) is 0.722. The van der Waals surface area contributed by atoms with E-state index in [0.29, 0.717) is 0 Å². The second-order valence-corrected chi connectivity index (χ2v) is 10.2. The zero-order chi connectivity index (χ0) is 12.3. The number of aliphatic hydroxyl groups excluding tert-OH is 3. The van der Waals surface area contributed by atoms with Crippen LogP contribution in [0.1, 0.15) is 20.8 Å². The van der Waals surface area contributed by atoms with Gasteiger partial charge >= 0.3 is 0 Å². The molecular formula is C10H24O4Si. The van der Waals surface area contributed by atoms with Crippen molar-refractivity contribution in [2.24, 2.45) is 0 Å². The third-order valence-electron chi connectivity index (χ3n) is 3.05. The van der Waals surface area contributed by atoms with Crippen LogP contribution < -0.4 is 0 Å². The molecule has 0 radical (unpaired) electrons. The Kier molecular flexibility index (Phi) is 5.43. The van der Waals surface area contributed by atoms with Gasteiger partial charge in [-0.25, -0.2) is 0 Å². The summed E-state index contributed by atoms with van der Waals surface area (Å²) in [6, 6.07) is 0. The van der Waals surface area contributed by atoms with Crippen LogP contribution in [-0.4, -0.2) is 49.1 Å². The summed E-state index contributed by atoms with van der Waals surface area (Å²) in [6.45, 7) is 10.1. The van der Waals surface area contributed by atoms with Crippen molar-refractivity contribution in [3.05, 3.63) is 0 Å². The summed E-state index contributed by atoms with van der Waals surface area (Å²) in [6.07, 6.45) is -2.13. The van der Waals surface area contributed by atoms with Gasteiger partial charge in [0.05, 0.1) is 13.2 Å². The minimum atomic E-state index is -1.88. The van der Waals surface area contributed by atoms with Crippen LogP contribution in [-0.2, 0) is 4.43 Å². The van der Waals surface area contributed by atoms with Crippen LogP contribution in [0.3, 0.4) is 0 Å². The molecule has 0 aliphatic heterocycles. The number of rotatable bonds is 5. The second kappa shape index (κ2) is 5.40. The Balaban J connectivity index is 4.16. The number of hydrogen-bond donors (Lipinski definition) is 3. The maximum absolute atomic E-state index is 9.43. The quantitative estimate of drug-likeness (QED) is 0.615. The summed E-state index contributed by atoms with van der Waals surface area (Å²) in [5.74, 6) is 0. The molecule has 0 unspecified atom stereocenters. The average Bonchev–Trinajstić information content (AvgIpc) is 2.11. The molecule has 0 saturated carbocycles. The van der Waals surface area contributed by atoms with E-state index in [1.165, 1.54) is 0 Å². The van der Waals surface area contributed by atoms with Gasteiger partial charge in [-0.15, -0.1) is 0 Å². The maximum atomic E-state index is 9.43. The van der Waals surface area contributed by atoms with Crippen molar-refractivity contribution < 1.29 is 19.7 Å². The van der Waals surface area contributed by atoms with Gasteiger partial charge in [-0.05, 0) is 18.1 Å². The molecule has 0 fully saturated rings. The van der Waals surface area contributed by atoms with E-state index in [1.807, 2.05) is 0 Å². The van der Waals surface area contributed by atoms with Gasteiger partial charge in [-0.3, -0.25) is 0 Å². The first-order valence-electron chi connectivity index (χ1n) is 5.23. The highest BCUT2D eigenvalue weighted by atomic mass is 28.4. The zero-order valence-corrected chi connectivity index (χ0v) is 11.3. The summed E-state index contributed by atoms with van der Waals surface area (Å²) < 4.78 is 5.70. The van der Waals surface area contributed by atoms with Gasteiger partial charge in [0, 0.05) is 0 Å². The van der Waals surface area contributed by atoms with E-state index in [1.54, 1.807) is 0 Å². The molecule has 0 heterocycles. The predicted molar refractivity (Wildman–Crippen MR) is 62.2 cm³/mol. The first-order chi connectivity index (χ1) is 6.62. The van der Waals surface area contributed by atoms with Crippen LogP contribution in [0.4, 0.5) is 0 Å². The van der Waals surface area contributed by atoms with Crippen LogP contribution in [0, 0.1) is 0 Å². The van der Waals surface area contributed by atoms with Gasteiger partial charge in [-0.1, -0.05) is 20.8 Å². The lowest BCUT2D eigenvalue weighted by molar-refractivity contribution is -0.0362. The second-order valence-electron chi connectivity index (χ2n) is 5.39. The monoisotopic (exact) mass is 236 g/mol. The Bertz CT molecular complexity index is 188. The molecule has 0 aliphatic rings. The lowest BCUT2D eigenvalue weighted by atomic mass is 10.2. The van der Waals surface area contributed by atoms with E-state index >= 15 is 0 Å². The fraction of sp³-hybridized carbons (Fsp3) is 1.00. The van der Waals surface area contributed by atoms with E-state index in [9.17, 15) is 5.11 Å². The van der Waals surface area contributed by atoms with Gasteiger partial charge in [0.1, 0.15) is 12.2 Å². The molecule has 3 N–H and O–H groups in total. The van der Waals surface area contributed by atoms with E-state index < -0.39 is 27.1 Å². The Hall–Kier alpha value is 0.0569. The van der Waals surface area contributed by atoms with Crippen molar-refractivity contribution in [2.45, 2.75) is 51.1 Å². The molecular weight excluding hydrogens is 212 g/mol. The van der Waals surface area contributed by atoms with Crippen LogP contribution in [0.5, 0.6) is 0 Å². The lowest BCUT2D eigenvalue weighted by Crippen LogP contribution is -2.45. The van der Waals surface area contributed by atoms with Crippen molar-refractivity contribution in [3.63, 3.8) is 0 Å². The SMILES string of the molecule is CC(C)(C)[Si](C)(C)OC[C@H](O)[C@@H](O)CO. The highest BCUT2D eigenvalue weighted by Crippen LogP contribution is 2.36. The molecule has 15 heavy (non-hydrogen) atoms. The van der Waals surface area contributed by atoms with Gasteiger partial charge < -0.3 is 19.7 Å².